The number of ether oxygens (including phenoxy) is 1. The summed E-state index contributed by atoms with van der Waals surface area (Å²) in [6.07, 6.45) is 3.68. The number of hydrogen-bond acceptors (Lipinski definition) is 2. The van der Waals surface area contributed by atoms with Gasteiger partial charge in [0.1, 0.15) is 11.9 Å². The fraction of sp³-hybridized carbons (Fsp3) is 0.684. The highest BCUT2D eigenvalue weighted by Gasteiger charge is 2.28. The van der Waals surface area contributed by atoms with Crippen LogP contribution in [0.25, 0.3) is 0 Å². The quantitative estimate of drug-likeness (QED) is 0.871. The summed E-state index contributed by atoms with van der Waals surface area (Å²) in [5, 5.41) is 9.84. The van der Waals surface area contributed by atoms with Gasteiger partial charge in [-0.3, -0.25) is 0 Å². The van der Waals surface area contributed by atoms with E-state index in [1.54, 1.807) is 0 Å². The second kappa shape index (κ2) is 6.00. The Bertz CT molecular complexity index is 453. The van der Waals surface area contributed by atoms with Crippen LogP contribution in [0.5, 0.6) is 5.75 Å². The second-order valence-electron chi connectivity index (χ2n) is 8.30. The van der Waals surface area contributed by atoms with Gasteiger partial charge < -0.3 is 9.84 Å². The van der Waals surface area contributed by atoms with Gasteiger partial charge in [-0.15, -0.1) is 0 Å². The van der Waals surface area contributed by atoms with Crippen molar-refractivity contribution in [3.63, 3.8) is 0 Å². The Balaban J connectivity index is 2.04. The van der Waals surface area contributed by atoms with Crippen molar-refractivity contribution in [2.75, 3.05) is 0 Å². The summed E-state index contributed by atoms with van der Waals surface area (Å²) in [6.45, 7) is 11.5. The standard InChI is InChI=1S/C19H30O2/c1-18(2,3)13-19(4,5)14-9-11-15(12-10-14)21-17-8-6-7-16(17)20/h9-12,16-17,20H,6-8,13H2,1-5H3. The largest absolute Gasteiger partial charge is 0.488 e. The average molecular weight is 290 g/mol. The molecule has 2 atom stereocenters. The number of hydrogen-bond donors (Lipinski definition) is 1. The summed E-state index contributed by atoms with van der Waals surface area (Å²) in [5.41, 5.74) is 1.81. The molecule has 0 aliphatic heterocycles. The van der Waals surface area contributed by atoms with E-state index in [2.05, 4.69) is 46.8 Å². The predicted molar refractivity (Wildman–Crippen MR) is 87.8 cm³/mol. The molecule has 1 aromatic carbocycles. The molecule has 1 aliphatic carbocycles. The Morgan fingerprint density at radius 3 is 2.14 bits per heavy atom. The molecule has 1 saturated carbocycles. The molecule has 2 rings (SSSR count). The van der Waals surface area contributed by atoms with E-state index in [9.17, 15) is 5.11 Å². The molecule has 0 spiro atoms. The molecule has 2 unspecified atom stereocenters. The fourth-order valence-electron chi connectivity index (χ4n) is 3.63. The van der Waals surface area contributed by atoms with Gasteiger partial charge in [-0.05, 0) is 54.2 Å². The van der Waals surface area contributed by atoms with E-state index >= 15 is 0 Å². The molecule has 0 aromatic heterocycles. The van der Waals surface area contributed by atoms with E-state index in [-0.39, 0.29) is 17.6 Å². The molecule has 1 aliphatic rings. The zero-order valence-corrected chi connectivity index (χ0v) is 14.1. The van der Waals surface area contributed by atoms with E-state index < -0.39 is 0 Å². The maximum absolute atomic E-state index is 9.84. The average Bonchev–Trinajstić information content (AvgIpc) is 2.73. The first-order valence-electron chi connectivity index (χ1n) is 8.13. The summed E-state index contributed by atoms with van der Waals surface area (Å²) in [6, 6.07) is 8.43. The minimum Gasteiger partial charge on any atom is -0.488 e. The van der Waals surface area contributed by atoms with Crippen LogP contribution in [0, 0.1) is 5.41 Å². The molecule has 0 bridgehead atoms. The summed E-state index contributed by atoms with van der Waals surface area (Å²) < 4.78 is 5.91. The van der Waals surface area contributed by atoms with Crippen molar-refractivity contribution in [1.82, 2.24) is 0 Å². The van der Waals surface area contributed by atoms with E-state index in [0.29, 0.717) is 5.41 Å². The van der Waals surface area contributed by atoms with Gasteiger partial charge in [-0.2, -0.15) is 0 Å². The monoisotopic (exact) mass is 290 g/mol. The predicted octanol–water partition coefficient (Wildman–Crippen LogP) is 4.69. The zero-order chi connectivity index (χ0) is 15.7. The summed E-state index contributed by atoms with van der Waals surface area (Å²) in [7, 11) is 0. The van der Waals surface area contributed by atoms with Gasteiger partial charge in [-0.25, -0.2) is 0 Å². The molecule has 0 amide bonds. The lowest BCUT2D eigenvalue weighted by Gasteiger charge is -2.33. The number of aliphatic hydroxyl groups excluding tert-OH is 1. The normalized spacial score (nSPS) is 23.3. The minimum absolute atomic E-state index is 0.0292. The van der Waals surface area contributed by atoms with Crippen LogP contribution < -0.4 is 4.74 Å². The lowest BCUT2D eigenvalue weighted by molar-refractivity contribution is 0.0604. The Morgan fingerprint density at radius 2 is 1.67 bits per heavy atom. The highest BCUT2D eigenvalue weighted by atomic mass is 16.5. The molecule has 0 radical (unpaired) electrons. The molecule has 0 saturated heterocycles. The first-order valence-corrected chi connectivity index (χ1v) is 8.13. The summed E-state index contributed by atoms with van der Waals surface area (Å²) in [4.78, 5) is 0. The number of aliphatic hydroxyl groups is 1. The molecule has 0 heterocycles. The summed E-state index contributed by atoms with van der Waals surface area (Å²) >= 11 is 0. The molecule has 2 heteroatoms. The van der Waals surface area contributed by atoms with Crippen LogP contribution in [0.15, 0.2) is 24.3 Å². The lowest BCUT2D eigenvalue weighted by Crippen LogP contribution is -2.26. The van der Waals surface area contributed by atoms with E-state index in [4.69, 9.17) is 4.74 Å². The smallest absolute Gasteiger partial charge is 0.124 e. The van der Waals surface area contributed by atoms with E-state index in [0.717, 1.165) is 31.4 Å². The van der Waals surface area contributed by atoms with Crippen LogP contribution in [-0.4, -0.2) is 17.3 Å². The van der Waals surface area contributed by atoms with Gasteiger partial charge >= 0.3 is 0 Å². The minimum atomic E-state index is -0.304. The fourth-order valence-corrected chi connectivity index (χ4v) is 3.63. The van der Waals surface area contributed by atoms with E-state index in [1.807, 2.05) is 12.1 Å². The van der Waals surface area contributed by atoms with Crippen LogP contribution in [0.1, 0.15) is 65.9 Å². The first kappa shape index (κ1) is 16.4. The molecule has 2 nitrogen and oxygen atoms in total. The zero-order valence-electron chi connectivity index (χ0n) is 14.1. The Labute approximate surface area is 129 Å². The highest BCUT2D eigenvalue weighted by Crippen LogP contribution is 2.37. The second-order valence-corrected chi connectivity index (χ2v) is 8.30. The number of benzene rings is 1. The van der Waals surface area contributed by atoms with Crippen LogP contribution in [0.2, 0.25) is 0 Å². The van der Waals surface area contributed by atoms with Crippen molar-refractivity contribution in [3.05, 3.63) is 29.8 Å². The molecule has 118 valence electrons. The molecule has 1 fully saturated rings. The third-order valence-electron chi connectivity index (χ3n) is 4.31. The Hall–Kier alpha value is -1.02. The topological polar surface area (TPSA) is 29.5 Å². The van der Waals surface area contributed by atoms with Crippen LogP contribution in [0.4, 0.5) is 0 Å². The van der Waals surface area contributed by atoms with Crippen LogP contribution >= 0.6 is 0 Å². The molecule has 1 N–H and O–H groups in total. The van der Waals surface area contributed by atoms with Gasteiger partial charge in [0.2, 0.25) is 0 Å². The maximum Gasteiger partial charge on any atom is 0.124 e. The lowest BCUT2D eigenvalue weighted by atomic mass is 9.72. The van der Waals surface area contributed by atoms with E-state index in [1.165, 1.54) is 5.56 Å². The summed E-state index contributed by atoms with van der Waals surface area (Å²) in [5.74, 6) is 0.872. The third-order valence-corrected chi connectivity index (χ3v) is 4.31. The van der Waals surface area contributed by atoms with Crippen molar-refractivity contribution in [2.24, 2.45) is 5.41 Å². The first-order chi connectivity index (χ1) is 9.67. The number of rotatable bonds is 4. The van der Waals surface area contributed by atoms with Crippen molar-refractivity contribution < 1.29 is 9.84 Å². The molecular formula is C19H30O2. The van der Waals surface area contributed by atoms with Crippen molar-refractivity contribution in [3.8, 4) is 5.75 Å². The van der Waals surface area contributed by atoms with Gasteiger partial charge in [-0.1, -0.05) is 46.8 Å². The van der Waals surface area contributed by atoms with Crippen molar-refractivity contribution in [2.45, 2.75) is 77.9 Å². The Morgan fingerprint density at radius 1 is 1.05 bits per heavy atom. The van der Waals surface area contributed by atoms with Gasteiger partial charge in [0.15, 0.2) is 0 Å². The van der Waals surface area contributed by atoms with Crippen LogP contribution in [0.3, 0.4) is 0 Å². The van der Waals surface area contributed by atoms with Gasteiger partial charge in [0.05, 0.1) is 6.10 Å². The Kier molecular flexibility index (Phi) is 4.67. The maximum atomic E-state index is 9.84. The highest BCUT2D eigenvalue weighted by molar-refractivity contribution is 5.32. The molecular weight excluding hydrogens is 260 g/mol. The van der Waals surface area contributed by atoms with Gasteiger partial charge in [0, 0.05) is 0 Å². The van der Waals surface area contributed by atoms with Crippen LogP contribution in [-0.2, 0) is 5.41 Å². The van der Waals surface area contributed by atoms with Crippen molar-refractivity contribution in [1.29, 1.82) is 0 Å². The third kappa shape index (κ3) is 4.47. The molecule has 21 heavy (non-hydrogen) atoms. The SMILES string of the molecule is CC(C)(C)CC(C)(C)c1ccc(OC2CCCC2O)cc1. The van der Waals surface area contributed by atoms with Crippen molar-refractivity contribution >= 4 is 0 Å². The molecule has 1 aromatic rings. The van der Waals surface area contributed by atoms with Gasteiger partial charge in [0.25, 0.3) is 0 Å².